The molecule has 0 bridgehead atoms. The molecular weight excluding hydrogens is 382 g/mol. The van der Waals surface area contributed by atoms with Crippen LogP contribution in [-0.2, 0) is 0 Å². The van der Waals surface area contributed by atoms with Gasteiger partial charge in [0.2, 0.25) is 5.95 Å². The van der Waals surface area contributed by atoms with Crippen molar-refractivity contribution in [2.24, 2.45) is 4.99 Å². The minimum absolute atomic E-state index is 0.592. The van der Waals surface area contributed by atoms with Crippen LogP contribution in [-0.4, -0.2) is 32.4 Å². The SMILES string of the molecule is C1=CC=CC(CCNc2nc(Nc3ccc4[nH]ncc4c3)c3sccc3n2)=NC=1. The Kier molecular flexibility index (Phi) is 4.62. The maximum Gasteiger partial charge on any atom is 0.225 e. The summed E-state index contributed by atoms with van der Waals surface area (Å²) in [4.78, 5) is 13.7. The molecule has 0 spiro atoms. The molecule has 1 aromatic carbocycles. The quantitative estimate of drug-likeness (QED) is 0.405. The number of rotatable bonds is 6. The van der Waals surface area contributed by atoms with Crippen molar-refractivity contribution in [3.8, 4) is 0 Å². The van der Waals surface area contributed by atoms with Gasteiger partial charge in [-0.2, -0.15) is 10.1 Å². The molecular formula is C21H17N7S. The van der Waals surface area contributed by atoms with Crippen LogP contribution in [0.5, 0.6) is 0 Å². The van der Waals surface area contributed by atoms with E-state index >= 15 is 0 Å². The molecule has 4 heterocycles. The van der Waals surface area contributed by atoms with Crippen molar-refractivity contribution in [2.45, 2.75) is 6.42 Å². The fourth-order valence-electron chi connectivity index (χ4n) is 3.06. The number of hydrogen-bond acceptors (Lipinski definition) is 7. The molecule has 29 heavy (non-hydrogen) atoms. The summed E-state index contributed by atoms with van der Waals surface area (Å²) in [6, 6.07) is 8.06. The number of fused-ring (bicyclic) bond motifs is 2. The molecule has 3 aromatic heterocycles. The van der Waals surface area contributed by atoms with Crippen LogP contribution in [0.2, 0.25) is 0 Å². The van der Waals surface area contributed by atoms with Gasteiger partial charge in [0, 0.05) is 29.8 Å². The molecule has 0 unspecified atom stereocenters. The van der Waals surface area contributed by atoms with E-state index in [2.05, 4.69) is 36.5 Å². The van der Waals surface area contributed by atoms with Gasteiger partial charge < -0.3 is 10.6 Å². The number of hydrogen-bond donors (Lipinski definition) is 3. The van der Waals surface area contributed by atoms with Crippen LogP contribution in [0, 0.1) is 0 Å². The lowest BCUT2D eigenvalue weighted by molar-refractivity contribution is 1.06. The Morgan fingerprint density at radius 1 is 1.17 bits per heavy atom. The Morgan fingerprint density at radius 3 is 3.17 bits per heavy atom. The van der Waals surface area contributed by atoms with E-state index in [0.717, 1.165) is 44.8 Å². The lowest BCUT2D eigenvalue weighted by atomic mass is 10.2. The first kappa shape index (κ1) is 17.4. The van der Waals surface area contributed by atoms with E-state index in [0.29, 0.717) is 12.5 Å². The highest BCUT2D eigenvalue weighted by Crippen LogP contribution is 2.30. The predicted octanol–water partition coefficient (Wildman–Crippen LogP) is 4.79. The summed E-state index contributed by atoms with van der Waals surface area (Å²) in [5.41, 5.74) is 6.82. The Balaban J connectivity index is 1.36. The van der Waals surface area contributed by atoms with Crippen molar-refractivity contribution in [2.75, 3.05) is 17.2 Å². The van der Waals surface area contributed by atoms with Gasteiger partial charge in [0.1, 0.15) is 0 Å². The zero-order valence-electron chi connectivity index (χ0n) is 15.4. The number of nitrogens with one attached hydrogen (secondary N) is 3. The average Bonchev–Trinajstić information content (AvgIpc) is 3.32. The van der Waals surface area contributed by atoms with Crippen molar-refractivity contribution >= 4 is 55.6 Å². The monoisotopic (exact) mass is 399 g/mol. The zero-order chi connectivity index (χ0) is 19.5. The molecule has 0 saturated carbocycles. The van der Waals surface area contributed by atoms with Crippen LogP contribution in [0.1, 0.15) is 6.42 Å². The van der Waals surface area contributed by atoms with E-state index in [1.807, 2.05) is 54.1 Å². The minimum Gasteiger partial charge on any atom is -0.354 e. The molecule has 4 aromatic rings. The largest absolute Gasteiger partial charge is 0.354 e. The lowest BCUT2D eigenvalue weighted by Crippen LogP contribution is -2.10. The van der Waals surface area contributed by atoms with Gasteiger partial charge in [0.25, 0.3) is 0 Å². The molecule has 0 aliphatic carbocycles. The highest BCUT2D eigenvalue weighted by molar-refractivity contribution is 7.17. The second-order valence-electron chi connectivity index (χ2n) is 6.45. The van der Waals surface area contributed by atoms with Crippen molar-refractivity contribution in [3.05, 3.63) is 66.0 Å². The van der Waals surface area contributed by atoms with Gasteiger partial charge in [-0.15, -0.1) is 17.1 Å². The molecule has 0 saturated heterocycles. The van der Waals surface area contributed by atoms with E-state index in [-0.39, 0.29) is 0 Å². The third-order valence-electron chi connectivity index (χ3n) is 4.46. The minimum atomic E-state index is 0.592. The van der Waals surface area contributed by atoms with E-state index in [1.54, 1.807) is 17.5 Å². The molecule has 7 nitrogen and oxygen atoms in total. The van der Waals surface area contributed by atoms with E-state index in [4.69, 9.17) is 4.98 Å². The Morgan fingerprint density at radius 2 is 2.17 bits per heavy atom. The van der Waals surface area contributed by atoms with E-state index in [9.17, 15) is 0 Å². The highest BCUT2D eigenvalue weighted by atomic mass is 32.1. The topological polar surface area (TPSA) is 90.9 Å². The summed E-state index contributed by atoms with van der Waals surface area (Å²) in [6.07, 6.45) is 10.0. The Labute approximate surface area is 170 Å². The van der Waals surface area contributed by atoms with Crippen molar-refractivity contribution in [1.29, 1.82) is 0 Å². The standard InChI is InChI=1S/C21H17N7S/c1-2-4-15(22-9-3-1)7-10-23-21-26-18-8-11-29-19(18)20(27-21)25-16-5-6-17-14(12-16)13-24-28-17/h1-2,4-6,8-9,11-13H,7,10H2,(H,24,28)(H2,23,25,26,27). The number of aliphatic imine (C=N–C) groups is 1. The summed E-state index contributed by atoms with van der Waals surface area (Å²) < 4.78 is 1.02. The Hall–Kier alpha value is -3.74. The second kappa shape index (κ2) is 7.71. The van der Waals surface area contributed by atoms with E-state index in [1.165, 1.54) is 0 Å². The number of aromatic nitrogens is 4. The predicted molar refractivity (Wildman–Crippen MR) is 119 cm³/mol. The Bertz CT molecular complexity index is 1310. The van der Waals surface area contributed by atoms with Gasteiger partial charge in [-0.25, -0.2) is 4.98 Å². The molecule has 0 amide bonds. The number of benzene rings is 1. The van der Waals surface area contributed by atoms with Crippen LogP contribution < -0.4 is 10.6 Å². The van der Waals surface area contributed by atoms with Crippen molar-refractivity contribution < 1.29 is 0 Å². The van der Waals surface area contributed by atoms with Crippen LogP contribution in [0.15, 0.2) is 71.0 Å². The number of allylic oxidation sites excluding steroid dienone is 3. The number of nitrogens with zero attached hydrogens (tertiary/aromatic N) is 4. The van der Waals surface area contributed by atoms with Crippen molar-refractivity contribution in [3.63, 3.8) is 0 Å². The van der Waals surface area contributed by atoms with Crippen LogP contribution >= 0.6 is 11.3 Å². The van der Waals surface area contributed by atoms with Gasteiger partial charge in [-0.1, -0.05) is 6.08 Å². The third-order valence-corrected chi connectivity index (χ3v) is 5.37. The van der Waals surface area contributed by atoms with Crippen LogP contribution in [0.3, 0.4) is 0 Å². The molecule has 0 radical (unpaired) electrons. The molecule has 8 heteroatoms. The smallest absolute Gasteiger partial charge is 0.225 e. The van der Waals surface area contributed by atoms with Gasteiger partial charge in [-0.3, -0.25) is 10.1 Å². The summed E-state index contributed by atoms with van der Waals surface area (Å²) in [5, 5.41) is 16.9. The summed E-state index contributed by atoms with van der Waals surface area (Å²) in [7, 11) is 0. The first-order valence-corrected chi connectivity index (χ1v) is 10.1. The summed E-state index contributed by atoms with van der Waals surface area (Å²) >= 11 is 1.62. The molecule has 142 valence electrons. The first-order chi connectivity index (χ1) is 14.3. The fraction of sp³-hybridized carbons (Fsp3) is 0.0952. The van der Waals surface area contributed by atoms with Crippen LogP contribution in [0.4, 0.5) is 17.5 Å². The summed E-state index contributed by atoms with van der Waals surface area (Å²) in [5.74, 6) is 1.38. The maximum absolute atomic E-state index is 4.71. The van der Waals surface area contributed by atoms with E-state index < -0.39 is 0 Å². The zero-order valence-corrected chi connectivity index (χ0v) is 16.2. The number of thiophene rings is 1. The maximum atomic E-state index is 4.71. The van der Waals surface area contributed by atoms with Crippen LogP contribution in [0.25, 0.3) is 21.1 Å². The molecule has 0 fully saturated rings. The lowest BCUT2D eigenvalue weighted by Gasteiger charge is -2.10. The second-order valence-corrected chi connectivity index (χ2v) is 7.36. The molecule has 0 atom stereocenters. The average molecular weight is 399 g/mol. The molecule has 1 aliphatic rings. The first-order valence-electron chi connectivity index (χ1n) is 9.19. The third kappa shape index (κ3) is 3.80. The number of aromatic amines is 1. The highest BCUT2D eigenvalue weighted by Gasteiger charge is 2.10. The fourth-order valence-corrected chi connectivity index (χ4v) is 3.83. The number of H-pyrrole nitrogens is 1. The van der Waals surface area contributed by atoms with Gasteiger partial charge >= 0.3 is 0 Å². The van der Waals surface area contributed by atoms with Gasteiger partial charge in [-0.05, 0) is 41.8 Å². The molecule has 1 aliphatic heterocycles. The molecule has 5 rings (SSSR count). The molecule has 3 N–H and O–H groups in total. The normalized spacial score (nSPS) is 13.0. The summed E-state index contributed by atoms with van der Waals surface area (Å²) in [6.45, 7) is 0.688. The van der Waals surface area contributed by atoms with Crippen molar-refractivity contribution in [1.82, 2.24) is 20.2 Å². The number of anilines is 3. The van der Waals surface area contributed by atoms with Gasteiger partial charge in [0.15, 0.2) is 5.82 Å². The van der Waals surface area contributed by atoms with Gasteiger partial charge in [0.05, 0.1) is 28.1 Å².